The van der Waals surface area contributed by atoms with Crippen LogP contribution in [0.5, 0.6) is 0 Å². The summed E-state index contributed by atoms with van der Waals surface area (Å²) in [6, 6.07) is 2.05. The van der Waals surface area contributed by atoms with Gasteiger partial charge in [-0.2, -0.15) is 5.26 Å². The summed E-state index contributed by atoms with van der Waals surface area (Å²) >= 11 is 0. The first-order valence-corrected chi connectivity index (χ1v) is 7.61. The first kappa shape index (κ1) is 14.8. The SMILES string of the molecule is N#C[C@H](C(=O)NC1CCCCC1)C(=O)[C@@H]1CC=CCC1. The van der Waals surface area contributed by atoms with Gasteiger partial charge in [0, 0.05) is 12.0 Å². The van der Waals surface area contributed by atoms with Crippen molar-refractivity contribution in [3.8, 4) is 6.07 Å². The van der Waals surface area contributed by atoms with Crippen molar-refractivity contribution in [1.82, 2.24) is 5.32 Å². The zero-order chi connectivity index (χ0) is 14.4. The molecule has 0 unspecified atom stereocenters. The highest BCUT2D eigenvalue weighted by Gasteiger charge is 2.33. The number of rotatable bonds is 4. The van der Waals surface area contributed by atoms with E-state index < -0.39 is 5.92 Å². The molecule has 0 aliphatic heterocycles. The molecule has 2 rings (SSSR count). The van der Waals surface area contributed by atoms with Crippen molar-refractivity contribution in [1.29, 1.82) is 5.26 Å². The number of nitrogens with one attached hydrogen (secondary N) is 1. The third-order valence-corrected chi connectivity index (χ3v) is 4.30. The summed E-state index contributed by atoms with van der Waals surface area (Å²) in [7, 11) is 0. The van der Waals surface area contributed by atoms with Crippen LogP contribution >= 0.6 is 0 Å². The molecule has 0 saturated heterocycles. The third kappa shape index (κ3) is 3.69. The lowest BCUT2D eigenvalue weighted by Crippen LogP contribution is -2.43. The molecule has 4 nitrogen and oxygen atoms in total. The van der Waals surface area contributed by atoms with Crippen LogP contribution in [0.3, 0.4) is 0 Å². The maximum atomic E-state index is 12.3. The highest BCUT2D eigenvalue weighted by Crippen LogP contribution is 2.23. The Kier molecular flexibility index (Phi) is 5.34. The van der Waals surface area contributed by atoms with Gasteiger partial charge in [0.25, 0.3) is 0 Å². The number of amides is 1. The molecular weight excluding hydrogens is 252 g/mol. The Bertz CT molecular complexity index is 430. The van der Waals surface area contributed by atoms with Crippen molar-refractivity contribution < 1.29 is 9.59 Å². The Morgan fingerprint density at radius 3 is 2.50 bits per heavy atom. The van der Waals surface area contributed by atoms with Gasteiger partial charge in [0.15, 0.2) is 11.7 Å². The predicted molar refractivity (Wildman–Crippen MR) is 75.6 cm³/mol. The van der Waals surface area contributed by atoms with E-state index in [-0.39, 0.29) is 23.7 Å². The van der Waals surface area contributed by atoms with Crippen LogP contribution in [0.2, 0.25) is 0 Å². The lowest BCUT2D eigenvalue weighted by molar-refractivity contribution is -0.134. The Balaban J connectivity index is 1.92. The van der Waals surface area contributed by atoms with Crippen LogP contribution in [0.25, 0.3) is 0 Å². The second-order valence-electron chi connectivity index (χ2n) is 5.79. The molecule has 0 aromatic carbocycles. The van der Waals surface area contributed by atoms with E-state index in [9.17, 15) is 14.9 Å². The number of ketones is 1. The lowest BCUT2D eigenvalue weighted by atomic mass is 9.84. The van der Waals surface area contributed by atoms with Gasteiger partial charge >= 0.3 is 0 Å². The maximum Gasteiger partial charge on any atom is 0.245 e. The molecule has 1 amide bonds. The molecule has 4 heteroatoms. The zero-order valence-electron chi connectivity index (χ0n) is 11.8. The molecule has 0 aromatic heterocycles. The Morgan fingerprint density at radius 2 is 1.90 bits per heavy atom. The van der Waals surface area contributed by atoms with Gasteiger partial charge in [-0.05, 0) is 32.1 Å². The molecule has 0 radical (unpaired) electrons. The van der Waals surface area contributed by atoms with Crippen LogP contribution in [-0.2, 0) is 9.59 Å². The van der Waals surface area contributed by atoms with Gasteiger partial charge in [-0.3, -0.25) is 9.59 Å². The third-order valence-electron chi connectivity index (χ3n) is 4.30. The summed E-state index contributed by atoms with van der Waals surface area (Å²) in [5.74, 6) is -1.89. The van der Waals surface area contributed by atoms with Crippen LogP contribution in [0.1, 0.15) is 51.4 Å². The molecule has 2 aliphatic carbocycles. The molecule has 0 spiro atoms. The number of carbonyl (C=O) groups excluding carboxylic acids is 2. The van der Waals surface area contributed by atoms with Gasteiger partial charge in [0.2, 0.25) is 5.91 Å². The van der Waals surface area contributed by atoms with E-state index in [0.717, 1.165) is 38.5 Å². The van der Waals surface area contributed by atoms with Gasteiger partial charge in [-0.25, -0.2) is 0 Å². The summed E-state index contributed by atoms with van der Waals surface area (Å²) < 4.78 is 0. The lowest BCUT2D eigenvalue weighted by Gasteiger charge is -2.25. The van der Waals surface area contributed by atoms with Gasteiger partial charge < -0.3 is 5.32 Å². The summed E-state index contributed by atoms with van der Waals surface area (Å²) in [5.41, 5.74) is 0. The second kappa shape index (κ2) is 7.23. The number of nitrogens with zero attached hydrogens (tertiary/aromatic N) is 1. The Morgan fingerprint density at radius 1 is 1.15 bits per heavy atom. The summed E-state index contributed by atoms with van der Waals surface area (Å²) in [6.07, 6.45) is 11.7. The average molecular weight is 274 g/mol. The average Bonchev–Trinajstić information content (AvgIpc) is 2.49. The molecule has 108 valence electrons. The maximum absolute atomic E-state index is 12.3. The fraction of sp³-hybridized carbons (Fsp3) is 0.688. The van der Waals surface area contributed by atoms with Crippen molar-refractivity contribution in [2.45, 2.75) is 57.4 Å². The standard InChI is InChI=1S/C16H22N2O2/c17-11-14(15(19)12-7-3-1-4-8-12)16(20)18-13-9-5-2-6-10-13/h1,3,12-14H,2,4-10H2,(H,18,20)/t12-,14+/m1/s1. The normalized spacial score (nSPS) is 24.6. The topological polar surface area (TPSA) is 70.0 Å². The molecule has 0 bridgehead atoms. The van der Waals surface area contributed by atoms with Crippen molar-refractivity contribution in [3.63, 3.8) is 0 Å². The van der Waals surface area contributed by atoms with Crippen LogP contribution < -0.4 is 5.32 Å². The van der Waals surface area contributed by atoms with Crippen molar-refractivity contribution in [2.75, 3.05) is 0 Å². The minimum Gasteiger partial charge on any atom is -0.352 e. The minimum absolute atomic E-state index is 0.145. The smallest absolute Gasteiger partial charge is 0.245 e. The molecular formula is C16H22N2O2. The first-order chi connectivity index (χ1) is 9.72. The molecule has 2 aliphatic rings. The molecule has 0 heterocycles. The van der Waals surface area contributed by atoms with Crippen LogP contribution in [0, 0.1) is 23.2 Å². The number of Topliss-reactive ketones (excluding diaryl/α,β-unsaturated/α-hetero) is 1. The van der Waals surface area contributed by atoms with E-state index in [2.05, 4.69) is 5.32 Å². The molecule has 1 fully saturated rings. The molecule has 2 atom stereocenters. The van der Waals surface area contributed by atoms with Gasteiger partial charge in [0.05, 0.1) is 6.07 Å². The summed E-state index contributed by atoms with van der Waals surface area (Å²) in [6.45, 7) is 0. The van der Waals surface area contributed by atoms with Crippen molar-refractivity contribution >= 4 is 11.7 Å². The number of hydrogen-bond donors (Lipinski definition) is 1. The first-order valence-electron chi connectivity index (χ1n) is 7.61. The number of nitriles is 1. The highest BCUT2D eigenvalue weighted by atomic mass is 16.2. The van der Waals surface area contributed by atoms with E-state index in [1.807, 2.05) is 18.2 Å². The van der Waals surface area contributed by atoms with Gasteiger partial charge in [-0.1, -0.05) is 31.4 Å². The van der Waals surface area contributed by atoms with Crippen LogP contribution in [0.15, 0.2) is 12.2 Å². The van der Waals surface area contributed by atoms with Crippen molar-refractivity contribution in [2.24, 2.45) is 11.8 Å². The Labute approximate surface area is 120 Å². The van der Waals surface area contributed by atoms with E-state index in [4.69, 9.17) is 0 Å². The number of allylic oxidation sites excluding steroid dienone is 2. The molecule has 0 aromatic rings. The minimum atomic E-state index is -1.13. The molecule has 1 N–H and O–H groups in total. The van der Waals surface area contributed by atoms with Gasteiger partial charge in [0.1, 0.15) is 0 Å². The Hall–Kier alpha value is -1.63. The van der Waals surface area contributed by atoms with Crippen molar-refractivity contribution in [3.05, 3.63) is 12.2 Å². The monoisotopic (exact) mass is 274 g/mol. The van der Waals surface area contributed by atoms with Crippen LogP contribution in [0.4, 0.5) is 0 Å². The largest absolute Gasteiger partial charge is 0.352 e. The van der Waals surface area contributed by atoms with Crippen LogP contribution in [-0.4, -0.2) is 17.7 Å². The summed E-state index contributed by atoms with van der Waals surface area (Å²) in [5, 5.41) is 12.1. The predicted octanol–water partition coefficient (Wildman–Crippen LogP) is 2.50. The number of carbonyl (C=O) groups is 2. The fourth-order valence-electron chi connectivity index (χ4n) is 3.07. The zero-order valence-corrected chi connectivity index (χ0v) is 11.8. The van der Waals surface area contributed by atoms with E-state index in [1.165, 1.54) is 6.42 Å². The molecule has 20 heavy (non-hydrogen) atoms. The highest BCUT2D eigenvalue weighted by molar-refractivity contribution is 6.05. The number of hydrogen-bond acceptors (Lipinski definition) is 3. The van der Waals surface area contributed by atoms with E-state index in [1.54, 1.807) is 0 Å². The van der Waals surface area contributed by atoms with Gasteiger partial charge in [-0.15, -0.1) is 0 Å². The van der Waals surface area contributed by atoms with E-state index >= 15 is 0 Å². The summed E-state index contributed by atoms with van der Waals surface area (Å²) in [4.78, 5) is 24.4. The quantitative estimate of drug-likeness (QED) is 0.632. The second-order valence-corrected chi connectivity index (χ2v) is 5.79. The molecule has 1 saturated carbocycles. The van der Waals surface area contributed by atoms with E-state index in [0.29, 0.717) is 6.42 Å². The fourth-order valence-corrected chi connectivity index (χ4v) is 3.07.